The molecule has 0 fully saturated rings. The summed E-state index contributed by atoms with van der Waals surface area (Å²) in [4.78, 5) is 0. The molecule has 0 heterocycles. The molecule has 0 spiro atoms. The van der Waals surface area contributed by atoms with Crippen LogP contribution in [0, 0.1) is 28.6 Å². The molecule has 0 saturated carbocycles. The lowest BCUT2D eigenvalue weighted by molar-refractivity contribution is 0.148. The van der Waals surface area contributed by atoms with Crippen molar-refractivity contribution in [3.8, 4) is 5.75 Å². The fraction of sp³-hybridized carbons (Fsp3) is 0.750. The van der Waals surface area contributed by atoms with Crippen molar-refractivity contribution in [3.63, 3.8) is 0 Å². The molecule has 1 aromatic carbocycles. The molecule has 3 atom stereocenters. The van der Waals surface area contributed by atoms with Crippen LogP contribution < -0.4 is 10.5 Å². The molecule has 26 heavy (non-hydrogen) atoms. The Labute approximate surface area is 162 Å². The maximum absolute atomic E-state index is 6.14. The van der Waals surface area contributed by atoms with Crippen molar-refractivity contribution in [2.24, 2.45) is 28.6 Å². The molecule has 1 aromatic rings. The lowest BCUT2D eigenvalue weighted by Gasteiger charge is -2.31. The summed E-state index contributed by atoms with van der Waals surface area (Å²) in [5, 5.41) is 0. The minimum atomic E-state index is 0.348. The summed E-state index contributed by atoms with van der Waals surface area (Å²) >= 11 is 0. The summed E-state index contributed by atoms with van der Waals surface area (Å²) in [6, 6.07) is 7.83. The van der Waals surface area contributed by atoms with E-state index in [1.165, 1.54) is 25.7 Å². The van der Waals surface area contributed by atoms with E-state index in [1.54, 1.807) is 0 Å². The molecule has 0 amide bonds. The van der Waals surface area contributed by atoms with Crippen molar-refractivity contribution in [1.29, 1.82) is 0 Å². The molecule has 2 N–H and O–H groups in total. The molecule has 1 rings (SSSR count). The lowest BCUT2D eigenvalue weighted by Crippen LogP contribution is -2.25. The summed E-state index contributed by atoms with van der Waals surface area (Å²) < 4.78 is 6.14. The zero-order valence-electron chi connectivity index (χ0n) is 18.6. The Hall–Kier alpha value is -1.18. The molecule has 0 aliphatic heterocycles. The number of nitrogen functional groups attached to an aromatic ring is 1. The Morgan fingerprint density at radius 3 is 2.00 bits per heavy atom. The van der Waals surface area contributed by atoms with Gasteiger partial charge in [0.05, 0.1) is 12.3 Å². The number of rotatable bonds is 9. The molecule has 0 aromatic heterocycles. The van der Waals surface area contributed by atoms with Crippen LogP contribution in [-0.2, 0) is 0 Å². The third-order valence-electron chi connectivity index (χ3n) is 5.10. The lowest BCUT2D eigenvalue weighted by atomic mass is 9.76. The average molecular weight is 362 g/mol. The van der Waals surface area contributed by atoms with Gasteiger partial charge in [-0.15, -0.1) is 0 Å². The van der Waals surface area contributed by atoms with Gasteiger partial charge in [0.15, 0.2) is 0 Å². The summed E-state index contributed by atoms with van der Waals surface area (Å²) in [5.41, 5.74) is 7.53. The Morgan fingerprint density at radius 2 is 1.46 bits per heavy atom. The van der Waals surface area contributed by atoms with E-state index in [1.807, 2.05) is 24.3 Å². The summed E-state index contributed by atoms with van der Waals surface area (Å²) in [6.45, 7) is 19.6. The van der Waals surface area contributed by atoms with Crippen molar-refractivity contribution >= 4 is 5.69 Å². The van der Waals surface area contributed by atoms with E-state index in [9.17, 15) is 0 Å². The summed E-state index contributed by atoms with van der Waals surface area (Å²) in [5.74, 6) is 2.78. The zero-order valence-corrected chi connectivity index (χ0v) is 18.6. The molecule has 0 bridgehead atoms. The van der Waals surface area contributed by atoms with Gasteiger partial charge >= 0.3 is 0 Å². The van der Waals surface area contributed by atoms with Crippen molar-refractivity contribution < 1.29 is 4.74 Å². The van der Waals surface area contributed by atoms with Gasteiger partial charge < -0.3 is 10.5 Å². The van der Waals surface area contributed by atoms with Crippen LogP contribution in [0.25, 0.3) is 0 Å². The van der Waals surface area contributed by atoms with E-state index in [4.69, 9.17) is 10.5 Å². The fourth-order valence-electron chi connectivity index (χ4n) is 4.12. The van der Waals surface area contributed by atoms with Gasteiger partial charge in [0.25, 0.3) is 0 Å². The van der Waals surface area contributed by atoms with Crippen LogP contribution >= 0.6 is 0 Å². The molecule has 0 aliphatic rings. The van der Waals surface area contributed by atoms with Crippen LogP contribution in [0.15, 0.2) is 24.3 Å². The van der Waals surface area contributed by atoms with E-state index in [-0.39, 0.29) is 0 Å². The number of hydrogen-bond donors (Lipinski definition) is 1. The minimum absolute atomic E-state index is 0.348. The first-order chi connectivity index (χ1) is 11.9. The predicted octanol–water partition coefficient (Wildman–Crippen LogP) is 7.19. The van der Waals surface area contributed by atoms with Crippen molar-refractivity contribution in [1.82, 2.24) is 0 Å². The van der Waals surface area contributed by atoms with Crippen LogP contribution in [0.4, 0.5) is 5.69 Å². The van der Waals surface area contributed by atoms with Crippen LogP contribution in [-0.4, -0.2) is 6.61 Å². The number of benzene rings is 1. The van der Waals surface area contributed by atoms with Crippen LogP contribution in [0.2, 0.25) is 0 Å². The van der Waals surface area contributed by atoms with Gasteiger partial charge in [-0.3, -0.25) is 0 Å². The normalized spacial score (nSPS) is 16.2. The first-order valence-corrected chi connectivity index (χ1v) is 10.3. The molecule has 2 nitrogen and oxygen atoms in total. The standard InChI is InChI=1S/C24H43NO/c1-18(15-23(3,4)5)13-14-20(19(2)16-24(6,7)8)17-26-22-12-10-9-11-21(22)25/h9-12,18-20H,13-17,25H2,1-8H3/t18-,19+,20+/m1/s1. The zero-order chi connectivity index (χ0) is 20.0. The molecule has 0 saturated heterocycles. The quantitative estimate of drug-likeness (QED) is 0.472. The highest BCUT2D eigenvalue weighted by Crippen LogP contribution is 2.34. The number of anilines is 1. The van der Waals surface area contributed by atoms with E-state index in [2.05, 4.69) is 55.4 Å². The number of nitrogens with two attached hydrogens (primary N) is 1. The smallest absolute Gasteiger partial charge is 0.142 e. The Morgan fingerprint density at radius 1 is 0.885 bits per heavy atom. The Kier molecular flexibility index (Phi) is 8.50. The van der Waals surface area contributed by atoms with Gasteiger partial charge in [0.1, 0.15) is 5.75 Å². The fourth-order valence-corrected chi connectivity index (χ4v) is 4.12. The van der Waals surface area contributed by atoms with E-state index < -0.39 is 0 Å². The molecule has 150 valence electrons. The monoisotopic (exact) mass is 361 g/mol. The maximum atomic E-state index is 6.14. The first-order valence-electron chi connectivity index (χ1n) is 10.3. The molecule has 0 unspecified atom stereocenters. The van der Waals surface area contributed by atoms with Crippen LogP contribution in [0.3, 0.4) is 0 Å². The van der Waals surface area contributed by atoms with E-state index in [0.29, 0.717) is 22.7 Å². The first kappa shape index (κ1) is 22.9. The van der Waals surface area contributed by atoms with Gasteiger partial charge in [0, 0.05) is 0 Å². The van der Waals surface area contributed by atoms with Crippen molar-refractivity contribution in [3.05, 3.63) is 24.3 Å². The molecule has 0 radical (unpaired) electrons. The highest BCUT2D eigenvalue weighted by Gasteiger charge is 2.25. The van der Waals surface area contributed by atoms with Crippen molar-refractivity contribution in [2.75, 3.05) is 12.3 Å². The molecular weight excluding hydrogens is 318 g/mol. The number of hydrogen-bond acceptors (Lipinski definition) is 2. The van der Waals surface area contributed by atoms with Crippen LogP contribution in [0.1, 0.15) is 81.1 Å². The highest BCUT2D eigenvalue weighted by atomic mass is 16.5. The Balaban J connectivity index is 2.70. The molecule has 2 heteroatoms. The second-order valence-electron chi connectivity index (χ2n) is 10.8. The third-order valence-corrected chi connectivity index (χ3v) is 5.10. The van der Waals surface area contributed by atoms with E-state index >= 15 is 0 Å². The summed E-state index contributed by atoms with van der Waals surface area (Å²) in [6.07, 6.45) is 4.99. The van der Waals surface area contributed by atoms with Gasteiger partial charge in [-0.05, 0) is 60.0 Å². The van der Waals surface area contributed by atoms with Gasteiger partial charge in [0.2, 0.25) is 0 Å². The van der Waals surface area contributed by atoms with Crippen molar-refractivity contribution in [2.45, 2.75) is 81.1 Å². The SMILES string of the molecule is C[C@H](CC[C@@H](COc1ccccc1N)[C@@H](C)CC(C)(C)C)CC(C)(C)C. The largest absolute Gasteiger partial charge is 0.491 e. The molecular formula is C24H43NO. The second-order valence-corrected chi connectivity index (χ2v) is 10.8. The van der Waals surface area contributed by atoms with Gasteiger partial charge in [-0.2, -0.15) is 0 Å². The van der Waals surface area contributed by atoms with Gasteiger partial charge in [-0.25, -0.2) is 0 Å². The van der Waals surface area contributed by atoms with Crippen LogP contribution in [0.5, 0.6) is 5.75 Å². The van der Waals surface area contributed by atoms with Gasteiger partial charge in [-0.1, -0.05) is 73.9 Å². The maximum Gasteiger partial charge on any atom is 0.142 e. The average Bonchev–Trinajstić information content (AvgIpc) is 2.45. The summed E-state index contributed by atoms with van der Waals surface area (Å²) in [7, 11) is 0. The minimum Gasteiger partial charge on any atom is -0.491 e. The highest BCUT2D eigenvalue weighted by molar-refractivity contribution is 5.51. The Bertz CT molecular complexity index is 524. The molecule has 0 aliphatic carbocycles. The second kappa shape index (κ2) is 9.67. The third kappa shape index (κ3) is 9.50. The topological polar surface area (TPSA) is 35.2 Å². The predicted molar refractivity (Wildman–Crippen MR) is 116 cm³/mol. The number of para-hydroxylation sites is 2. The van der Waals surface area contributed by atoms with E-state index in [0.717, 1.165) is 24.0 Å². The number of ether oxygens (including phenoxy) is 1.